The Morgan fingerprint density at radius 1 is 1.16 bits per heavy atom. The van der Waals surface area contributed by atoms with E-state index >= 15 is 0 Å². The van der Waals surface area contributed by atoms with Crippen LogP contribution in [0.5, 0.6) is 5.75 Å². The number of amides is 1. The van der Waals surface area contributed by atoms with Crippen LogP contribution in [0.4, 0.5) is 14.5 Å². The predicted molar refractivity (Wildman–Crippen MR) is 87.9 cm³/mol. The minimum atomic E-state index is -1.16. The number of carbonyl (C=O) groups excluding carboxylic acids is 1. The average Bonchev–Trinajstić information content (AvgIpc) is 2.51. The minimum Gasteiger partial charge on any atom is -0.489 e. The van der Waals surface area contributed by atoms with Crippen molar-refractivity contribution in [3.8, 4) is 5.75 Å². The number of hydrogen-bond acceptors (Lipinski definition) is 3. The molecule has 0 saturated carbocycles. The number of anilines is 1. The van der Waals surface area contributed by atoms with Gasteiger partial charge in [0.1, 0.15) is 17.4 Å². The summed E-state index contributed by atoms with van der Waals surface area (Å²) in [6.45, 7) is 3.56. The summed E-state index contributed by atoms with van der Waals surface area (Å²) in [4.78, 5) is 23.3. The third kappa shape index (κ3) is 5.00. The first-order chi connectivity index (χ1) is 11.8. The Hall–Kier alpha value is -2.96. The van der Waals surface area contributed by atoms with Crippen molar-refractivity contribution < 1.29 is 28.2 Å². The molecule has 1 amide bonds. The number of carboxylic acid groups (broad SMARTS) is 1. The van der Waals surface area contributed by atoms with Gasteiger partial charge in [-0.1, -0.05) is 6.07 Å². The normalized spacial score (nSPS) is 10.6. The number of carbonyl (C=O) groups is 2. The van der Waals surface area contributed by atoms with E-state index in [0.29, 0.717) is 11.8 Å². The fraction of sp³-hybridized carbons (Fsp3) is 0.222. The van der Waals surface area contributed by atoms with Gasteiger partial charge in [-0.3, -0.25) is 4.79 Å². The van der Waals surface area contributed by atoms with Gasteiger partial charge < -0.3 is 15.2 Å². The Kier molecular flexibility index (Phi) is 5.69. The Morgan fingerprint density at radius 3 is 2.48 bits per heavy atom. The van der Waals surface area contributed by atoms with Crippen molar-refractivity contribution in [3.05, 3.63) is 59.2 Å². The molecule has 0 aliphatic carbocycles. The molecular formula is C18H17F2NO4. The summed E-state index contributed by atoms with van der Waals surface area (Å²) >= 11 is 0. The average molecular weight is 349 g/mol. The highest BCUT2D eigenvalue weighted by Crippen LogP contribution is 2.27. The van der Waals surface area contributed by atoms with Gasteiger partial charge in [-0.05, 0) is 43.7 Å². The van der Waals surface area contributed by atoms with Gasteiger partial charge in [0.05, 0.1) is 23.8 Å². The van der Waals surface area contributed by atoms with Gasteiger partial charge in [0.2, 0.25) is 5.91 Å². The van der Waals surface area contributed by atoms with Crippen LogP contribution >= 0.6 is 0 Å². The van der Waals surface area contributed by atoms with Gasteiger partial charge in [-0.25, -0.2) is 13.6 Å². The molecule has 5 nitrogen and oxygen atoms in total. The smallest absolute Gasteiger partial charge is 0.335 e. The lowest BCUT2D eigenvalue weighted by Gasteiger charge is -2.15. The fourth-order valence-corrected chi connectivity index (χ4v) is 2.15. The molecule has 7 heteroatoms. The van der Waals surface area contributed by atoms with Gasteiger partial charge in [-0.15, -0.1) is 0 Å². The Labute approximate surface area is 143 Å². The van der Waals surface area contributed by atoms with E-state index in [1.165, 1.54) is 24.3 Å². The van der Waals surface area contributed by atoms with Crippen LogP contribution in [0.15, 0.2) is 36.4 Å². The molecule has 25 heavy (non-hydrogen) atoms. The molecular weight excluding hydrogens is 332 g/mol. The summed E-state index contributed by atoms with van der Waals surface area (Å²) in [6.07, 6.45) is -0.522. The standard InChI is InChI=1S/C18H17F2NO4/c1-10(2)25-16-6-4-12(18(23)24)7-15(16)21-17(22)8-11-3-5-13(19)9-14(11)20/h3-7,9-10H,8H2,1-2H3,(H,21,22)(H,23,24). The Bertz CT molecular complexity index is 806. The maximum absolute atomic E-state index is 13.6. The number of halogens is 2. The van der Waals surface area contributed by atoms with Gasteiger partial charge in [0, 0.05) is 6.07 Å². The molecule has 0 radical (unpaired) electrons. The van der Waals surface area contributed by atoms with Crippen molar-refractivity contribution in [2.45, 2.75) is 26.4 Å². The van der Waals surface area contributed by atoms with Crippen molar-refractivity contribution in [1.29, 1.82) is 0 Å². The molecule has 0 aliphatic heterocycles. The molecule has 132 valence electrons. The first kappa shape index (κ1) is 18.4. The number of benzene rings is 2. The molecule has 2 aromatic carbocycles. The summed E-state index contributed by atoms with van der Waals surface area (Å²) in [5.74, 6) is -3.00. The van der Waals surface area contributed by atoms with Gasteiger partial charge in [0.25, 0.3) is 0 Å². The van der Waals surface area contributed by atoms with E-state index in [4.69, 9.17) is 9.84 Å². The second-order valence-corrected chi connectivity index (χ2v) is 5.64. The molecule has 0 unspecified atom stereocenters. The van der Waals surface area contributed by atoms with E-state index in [0.717, 1.165) is 6.07 Å². The van der Waals surface area contributed by atoms with Crippen LogP contribution < -0.4 is 10.1 Å². The van der Waals surface area contributed by atoms with E-state index in [1.54, 1.807) is 13.8 Å². The maximum atomic E-state index is 13.6. The summed E-state index contributed by atoms with van der Waals surface area (Å²) in [6, 6.07) is 7.00. The third-order valence-corrected chi connectivity index (χ3v) is 3.23. The topological polar surface area (TPSA) is 75.6 Å². The number of carboxylic acids is 1. The zero-order valence-corrected chi connectivity index (χ0v) is 13.7. The second kappa shape index (κ2) is 7.74. The maximum Gasteiger partial charge on any atom is 0.335 e. The van der Waals surface area contributed by atoms with Crippen LogP contribution in [0.2, 0.25) is 0 Å². The number of rotatable bonds is 6. The zero-order chi connectivity index (χ0) is 18.6. The van der Waals surface area contributed by atoms with E-state index < -0.39 is 23.5 Å². The Balaban J connectivity index is 2.22. The van der Waals surface area contributed by atoms with Crippen molar-refractivity contribution >= 4 is 17.6 Å². The molecule has 0 bridgehead atoms. The van der Waals surface area contributed by atoms with Crippen LogP contribution in [-0.2, 0) is 11.2 Å². The summed E-state index contributed by atoms with van der Waals surface area (Å²) in [7, 11) is 0. The van der Waals surface area contributed by atoms with Crippen molar-refractivity contribution in [2.24, 2.45) is 0 Å². The molecule has 0 aliphatic rings. The molecule has 0 saturated heterocycles. The number of nitrogens with one attached hydrogen (secondary N) is 1. The van der Waals surface area contributed by atoms with Crippen LogP contribution in [0.3, 0.4) is 0 Å². The lowest BCUT2D eigenvalue weighted by Crippen LogP contribution is -2.17. The first-order valence-corrected chi connectivity index (χ1v) is 7.54. The van der Waals surface area contributed by atoms with Crippen molar-refractivity contribution in [3.63, 3.8) is 0 Å². The molecule has 2 aromatic rings. The second-order valence-electron chi connectivity index (χ2n) is 5.64. The molecule has 0 fully saturated rings. The quantitative estimate of drug-likeness (QED) is 0.835. The van der Waals surface area contributed by atoms with Crippen LogP contribution in [0, 0.1) is 11.6 Å². The van der Waals surface area contributed by atoms with E-state index in [2.05, 4.69) is 5.32 Å². The molecule has 0 atom stereocenters. The largest absolute Gasteiger partial charge is 0.489 e. The monoisotopic (exact) mass is 349 g/mol. The van der Waals surface area contributed by atoms with Crippen LogP contribution in [0.1, 0.15) is 29.8 Å². The summed E-state index contributed by atoms with van der Waals surface area (Å²) in [5.41, 5.74) is 0.167. The molecule has 2 N–H and O–H groups in total. The van der Waals surface area contributed by atoms with E-state index in [-0.39, 0.29) is 29.3 Å². The van der Waals surface area contributed by atoms with E-state index in [9.17, 15) is 18.4 Å². The predicted octanol–water partition coefficient (Wildman–Crippen LogP) is 3.63. The molecule has 0 heterocycles. The van der Waals surface area contributed by atoms with Crippen molar-refractivity contribution in [1.82, 2.24) is 0 Å². The molecule has 2 rings (SSSR count). The Morgan fingerprint density at radius 2 is 1.88 bits per heavy atom. The highest BCUT2D eigenvalue weighted by Gasteiger charge is 2.15. The lowest BCUT2D eigenvalue weighted by atomic mass is 10.1. The van der Waals surface area contributed by atoms with Gasteiger partial charge in [0.15, 0.2) is 0 Å². The highest BCUT2D eigenvalue weighted by molar-refractivity contribution is 5.96. The van der Waals surface area contributed by atoms with Crippen LogP contribution in [-0.4, -0.2) is 23.1 Å². The first-order valence-electron chi connectivity index (χ1n) is 7.54. The summed E-state index contributed by atoms with van der Waals surface area (Å²) < 4.78 is 32.1. The number of aromatic carboxylic acids is 1. The van der Waals surface area contributed by atoms with E-state index in [1.807, 2.05) is 0 Å². The minimum absolute atomic E-state index is 0.0274. The SMILES string of the molecule is CC(C)Oc1ccc(C(=O)O)cc1NC(=O)Cc1ccc(F)cc1F. The van der Waals surface area contributed by atoms with Gasteiger partial charge in [-0.2, -0.15) is 0 Å². The lowest BCUT2D eigenvalue weighted by molar-refractivity contribution is -0.115. The molecule has 0 aromatic heterocycles. The fourth-order valence-electron chi connectivity index (χ4n) is 2.15. The summed E-state index contributed by atoms with van der Waals surface area (Å²) in [5, 5.41) is 11.6. The van der Waals surface area contributed by atoms with Crippen molar-refractivity contribution in [2.75, 3.05) is 5.32 Å². The zero-order valence-electron chi connectivity index (χ0n) is 13.7. The number of ether oxygens (including phenoxy) is 1. The highest BCUT2D eigenvalue weighted by atomic mass is 19.1. The third-order valence-electron chi connectivity index (χ3n) is 3.23. The van der Waals surface area contributed by atoms with Gasteiger partial charge >= 0.3 is 5.97 Å². The number of hydrogen-bond donors (Lipinski definition) is 2. The molecule has 0 spiro atoms. The van der Waals surface area contributed by atoms with Crippen LogP contribution in [0.25, 0.3) is 0 Å².